The molecule has 0 fully saturated rings. The zero-order valence-corrected chi connectivity index (χ0v) is 11.0. The van der Waals surface area contributed by atoms with Gasteiger partial charge in [0, 0.05) is 6.20 Å². The van der Waals surface area contributed by atoms with Crippen LogP contribution in [0.25, 0.3) is 21.9 Å². The molecule has 0 aliphatic rings. The molecule has 96 valence electrons. The number of methoxy groups -OCH3 is 1. The van der Waals surface area contributed by atoms with Crippen LogP contribution in [0.15, 0.2) is 40.4 Å². The maximum absolute atomic E-state index is 5.89. The van der Waals surface area contributed by atoms with Gasteiger partial charge in [-0.15, -0.1) is 11.3 Å². The summed E-state index contributed by atoms with van der Waals surface area (Å²) in [5.41, 5.74) is 7.31. The number of rotatable bonds is 3. The fourth-order valence-corrected chi connectivity index (χ4v) is 2.68. The topological polar surface area (TPSA) is 74.2 Å². The first-order chi connectivity index (χ1) is 9.31. The lowest BCUT2D eigenvalue weighted by molar-refractivity contribution is 0.409. The van der Waals surface area contributed by atoms with E-state index in [1.807, 2.05) is 29.6 Å². The van der Waals surface area contributed by atoms with Crippen LogP contribution in [0.4, 0.5) is 5.82 Å². The van der Waals surface area contributed by atoms with Crippen LogP contribution < -0.4 is 10.5 Å². The Kier molecular flexibility index (Phi) is 2.92. The molecule has 19 heavy (non-hydrogen) atoms. The quantitative estimate of drug-likeness (QED) is 0.793. The summed E-state index contributed by atoms with van der Waals surface area (Å²) in [6.07, 6.45) is 1.71. The van der Waals surface area contributed by atoms with Crippen molar-refractivity contribution in [3.63, 3.8) is 0 Å². The van der Waals surface area contributed by atoms with E-state index < -0.39 is 0 Å². The van der Waals surface area contributed by atoms with Crippen molar-refractivity contribution >= 4 is 17.2 Å². The standard InChI is InChI=1S/C13H11N3O2S/c1-17-9-5-7-19-12(9)11-10(13(14)16-18-11)8-4-2-3-6-15-8/h2-7H,1H3,(H2,14,16). The molecule has 0 saturated carbocycles. The van der Waals surface area contributed by atoms with Gasteiger partial charge in [-0.1, -0.05) is 11.2 Å². The van der Waals surface area contributed by atoms with Crippen molar-refractivity contribution in [2.24, 2.45) is 0 Å². The number of nitrogens with zero attached hydrogens (tertiary/aromatic N) is 2. The van der Waals surface area contributed by atoms with Crippen molar-refractivity contribution in [3.8, 4) is 27.6 Å². The molecule has 5 nitrogen and oxygen atoms in total. The summed E-state index contributed by atoms with van der Waals surface area (Å²) in [5, 5.41) is 5.76. The highest BCUT2D eigenvalue weighted by Gasteiger charge is 2.22. The molecule has 0 aromatic carbocycles. The van der Waals surface area contributed by atoms with Gasteiger partial charge in [0.05, 0.1) is 18.4 Å². The average molecular weight is 273 g/mol. The lowest BCUT2D eigenvalue weighted by Crippen LogP contribution is -1.90. The Hall–Kier alpha value is -2.34. The van der Waals surface area contributed by atoms with Gasteiger partial charge in [-0.25, -0.2) is 0 Å². The fourth-order valence-electron chi connectivity index (χ4n) is 1.84. The van der Waals surface area contributed by atoms with E-state index in [0.717, 1.165) is 16.3 Å². The molecule has 3 aromatic rings. The number of thiophene rings is 1. The van der Waals surface area contributed by atoms with Gasteiger partial charge in [0.15, 0.2) is 11.6 Å². The van der Waals surface area contributed by atoms with Gasteiger partial charge in [-0.3, -0.25) is 4.98 Å². The van der Waals surface area contributed by atoms with E-state index in [0.29, 0.717) is 17.1 Å². The minimum absolute atomic E-state index is 0.323. The van der Waals surface area contributed by atoms with Crippen LogP contribution in [0.3, 0.4) is 0 Å². The molecule has 0 unspecified atom stereocenters. The van der Waals surface area contributed by atoms with Crippen molar-refractivity contribution in [2.45, 2.75) is 0 Å². The fraction of sp³-hybridized carbons (Fsp3) is 0.0769. The maximum Gasteiger partial charge on any atom is 0.192 e. The summed E-state index contributed by atoms with van der Waals surface area (Å²) < 4.78 is 10.7. The Bertz CT molecular complexity index is 691. The summed E-state index contributed by atoms with van der Waals surface area (Å²) in [4.78, 5) is 5.15. The monoisotopic (exact) mass is 273 g/mol. The molecule has 0 aliphatic heterocycles. The number of anilines is 1. The first kappa shape index (κ1) is 11.7. The molecule has 0 saturated heterocycles. The van der Waals surface area contributed by atoms with E-state index in [4.69, 9.17) is 15.0 Å². The highest BCUT2D eigenvalue weighted by atomic mass is 32.1. The number of aromatic nitrogens is 2. The molecule has 0 atom stereocenters. The van der Waals surface area contributed by atoms with Crippen molar-refractivity contribution in [1.82, 2.24) is 10.1 Å². The predicted molar refractivity (Wildman–Crippen MR) is 74.0 cm³/mol. The van der Waals surface area contributed by atoms with Crippen molar-refractivity contribution in [3.05, 3.63) is 35.8 Å². The molecular formula is C13H11N3O2S. The molecule has 6 heteroatoms. The van der Waals surface area contributed by atoms with Crippen LogP contribution in [0.5, 0.6) is 5.75 Å². The Morgan fingerprint density at radius 1 is 1.32 bits per heavy atom. The van der Waals surface area contributed by atoms with Gasteiger partial charge in [0.25, 0.3) is 0 Å². The number of nitrogens with two attached hydrogens (primary N) is 1. The third-order valence-corrected chi connectivity index (χ3v) is 3.59. The van der Waals surface area contributed by atoms with Gasteiger partial charge < -0.3 is 15.0 Å². The Balaban J connectivity index is 2.20. The zero-order chi connectivity index (χ0) is 13.2. The SMILES string of the molecule is COc1ccsc1-c1onc(N)c1-c1ccccn1. The maximum atomic E-state index is 5.89. The number of nitrogen functional groups attached to an aromatic ring is 1. The Morgan fingerprint density at radius 3 is 2.95 bits per heavy atom. The highest BCUT2D eigenvalue weighted by molar-refractivity contribution is 7.14. The van der Waals surface area contributed by atoms with Crippen LogP contribution in [0.2, 0.25) is 0 Å². The van der Waals surface area contributed by atoms with Gasteiger partial charge in [-0.2, -0.15) is 0 Å². The third-order valence-electron chi connectivity index (χ3n) is 2.69. The summed E-state index contributed by atoms with van der Waals surface area (Å²) >= 11 is 1.51. The molecule has 0 spiro atoms. The minimum Gasteiger partial charge on any atom is -0.495 e. The summed E-state index contributed by atoms with van der Waals surface area (Å²) in [6, 6.07) is 7.48. The highest BCUT2D eigenvalue weighted by Crippen LogP contribution is 2.42. The van der Waals surface area contributed by atoms with Gasteiger partial charge in [0.1, 0.15) is 10.6 Å². The molecular weight excluding hydrogens is 262 g/mol. The molecule has 3 rings (SSSR count). The van der Waals surface area contributed by atoms with Crippen molar-refractivity contribution in [2.75, 3.05) is 12.8 Å². The average Bonchev–Trinajstić information content (AvgIpc) is 3.05. The van der Waals surface area contributed by atoms with E-state index >= 15 is 0 Å². The van der Waals surface area contributed by atoms with E-state index in [1.165, 1.54) is 11.3 Å². The van der Waals surface area contributed by atoms with Gasteiger partial charge in [-0.05, 0) is 23.6 Å². The summed E-state index contributed by atoms with van der Waals surface area (Å²) in [5.74, 6) is 1.64. The van der Waals surface area contributed by atoms with Crippen molar-refractivity contribution in [1.29, 1.82) is 0 Å². The van der Waals surface area contributed by atoms with Crippen LogP contribution in [0, 0.1) is 0 Å². The van der Waals surface area contributed by atoms with E-state index in [2.05, 4.69) is 10.1 Å². The Labute approximate surface area is 113 Å². The molecule has 0 aliphatic carbocycles. The minimum atomic E-state index is 0.323. The number of hydrogen-bond donors (Lipinski definition) is 1. The number of pyridine rings is 1. The lowest BCUT2D eigenvalue weighted by Gasteiger charge is -2.02. The first-order valence-electron chi connectivity index (χ1n) is 5.59. The molecule has 2 N–H and O–H groups in total. The van der Waals surface area contributed by atoms with Crippen LogP contribution >= 0.6 is 11.3 Å². The molecule has 0 bridgehead atoms. The van der Waals surface area contributed by atoms with E-state index in [9.17, 15) is 0 Å². The number of hydrogen-bond acceptors (Lipinski definition) is 6. The van der Waals surface area contributed by atoms with Crippen LogP contribution in [0.1, 0.15) is 0 Å². The molecule has 3 aromatic heterocycles. The summed E-state index contributed by atoms with van der Waals surface area (Å²) in [7, 11) is 1.62. The van der Waals surface area contributed by atoms with E-state index in [-0.39, 0.29) is 0 Å². The molecule has 0 radical (unpaired) electrons. The van der Waals surface area contributed by atoms with Crippen LogP contribution in [-0.2, 0) is 0 Å². The second-order valence-corrected chi connectivity index (χ2v) is 4.72. The Morgan fingerprint density at radius 2 is 2.21 bits per heavy atom. The predicted octanol–water partition coefficient (Wildman–Crippen LogP) is 3.06. The molecule has 3 heterocycles. The largest absolute Gasteiger partial charge is 0.495 e. The summed E-state index contributed by atoms with van der Waals surface area (Å²) in [6.45, 7) is 0. The number of ether oxygens (including phenoxy) is 1. The van der Waals surface area contributed by atoms with Gasteiger partial charge in [0.2, 0.25) is 0 Å². The second kappa shape index (κ2) is 4.74. The first-order valence-corrected chi connectivity index (χ1v) is 6.47. The normalized spacial score (nSPS) is 10.6. The van der Waals surface area contributed by atoms with E-state index in [1.54, 1.807) is 13.3 Å². The third kappa shape index (κ3) is 1.96. The van der Waals surface area contributed by atoms with Crippen LogP contribution in [-0.4, -0.2) is 17.3 Å². The smallest absolute Gasteiger partial charge is 0.192 e. The van der Waals surface area contributed by atoms with Gasteiger partial charge >= 0.3 is 0 Å². The van der Waals surface area contributed by atoms with Crippen molar-refractivity contribution < 1.29 is 9.26 Å². The zero-order valence-electron chi connectivity index (χ0n) is 10.2. The molecule has 0 amide bonds. The lowest BCUT2D eigenvalue weighted by atomic mass is 10.1. The second-order valence-electron chi connectivity index (χ2n) is 3.81.